The van der Waals surface area contributed by atoms with E-state index >= 15 is 0 Å². The van der Waals surface area contributed by atoms with Crippen molar-refractivity contribution in [3.05, 3.63) is 243 Å². The molecule has 0 spiro atoms. The van der Waals surface area contributed by atoms with E-state index in [0.717, 1.165) is 31.1 Å². The van der Waals surface area contributed by atoms with Crippen molar-refractivity contribution in [1.82, 2.24) is 0 Å². The summed E-state index contributed by atoms with van der Waals surface area (Å²) >= 11 is 0. The van der Waals surface area contributed by atoms with Crippen molar-refractivity contribution in [2.24, 2.45) is 0 Å². The van der Waals surface area contributed by atoms with Crippen LogP contribution in [-0.4, -0.2) is 42.3 Å². The molecule has 304 valence electrons. The molecule has 0 aliphatic carbocycles. The van der Waals surface area contributed by atoms with Gasteiger partial charge in [0.15, 0.2) is 0 Å². The summed E-state index contributed by atoms with van der Waals surface area (Å²) in [7, 11) is -17.2. The first-order chi connectivity index (χ1) is 29.7. The standard InChI is InChI=1S/C52H52O4Si5/c1-57(2,45-29-13-5-14-30-45)53-59(47-33-17-7-18-34-47,48-35-19-8-20-36-48)55-61(51-41-25-11-26-42-51,52-43-27-12-28-44-52)56-60(49-37-21-9-22-38-49,50-39-23-10-24-40-50)54-58(3,4)46-31-15-6-16-32-46/h5-44H,1-4H3. The molecule has 0 radical (unpaired) electrons. The van der Waals surface area contributed by atoms with Crippen LogP contribution in [0.15, 0.2) is 243 Å². The van der Waals surface area contributed by atoms with Crippen LogP contribution in [0, 0.1) is 0 Å². The van der Waals surface area contributed by atoms with Gasteiger partial charge in [-0.3, -0.25) is 0 Å². The van der Waals surface area contributed by atoms with Gasteiger partial charge in [0.05, 0.1) is 0 Å². The van der Waals surface area contributed by atoms with Gasteiger partial charge in [0.2, 0.25) is 16.6 Å². The highest BCUT2D eigenvalue weighted by Crippen LogP contribution is 2.28. The third kappa shape index (κ3) is 8.89. The lowest BCUT2D eigenvalue weighted by molar-refractivity contribution is 0.328. The van der Waals surface area contributed by atoms with Gasteiger partial charge in [0, 0.05) is 0 Å². The van der Waals surface area contributed by atoms with Gasteiger partial charge >= 0.3 is 25.7 Å². The predicted octanol–water partition coefficient (Wildman–Crippen LogP) is 7.05. The Kier molecular flexibility index (Phi) is 12.7. The summed E-state index contributed by atoms with van der Waals surface area (Å²) in [5, 5.41) is 8.36. The van der Waals surface area contributed by atoms with Crippen LogP contribution < -0.4 is 41.5 Å². The minimum atomic E-state index is -4.03. The highest BCUT2D eigenvalue weighted by molar-refractivity contribution is 7.12. The fourth-order valence-electron chi connectivity index (χ4n) is 8.14. The van der Waals surface area contributed by atoms with Crippen molar-refractivity contribution >= 4 is 83.8 Å². The topological polar surface area (TPSA) is 36.9 Å². The molecule has 4 nitrogen and oxygen atoms in total. The number of hydrogen-bond donors (Lipinski definition) is 0. The zero-order valence-corrected chi connectivity index (χ0v) is 40.2. The zero-order valence-electron chi connectivity index (χ0n) is 35.2. The van der Waals surface area contributed by atoms with E-state index < -0.39 is 42.3 Å². The monoisotopic (exact) mass is 880 g/mol. The van der Waals surface area contributed by atoms with Crippen molar-refractivity contribution in [3.8, 4) is 0 Å². The van der Waals surface area contributed by atoms with E-state index in [-0.39, 0.29) is 0 Å². The smallest absolute Gasteiger partial charge is 0.390 e. The molecule has 0 saturated heterocycles. The minimum absolute atomic E-state index is 0.972. The quantitative estimate of drug-likeness (QED) is 0.0977. The minimum Gasteiger partial charge on any atom is -0.426 e. The molecule has 0 bridgehead atoms. The molecule has 0 atom stereocenters. The maximum absolute atomic E-state index is 8.58. The molecule has 0 saturated carbocycles. The molecule has 0 N–H and O–H groups in total. The second kappa shape index (κ2) is 18.3. The molecule has 9 heteroatoms. The highest BCUT2D eigenvalue weighted by Gasteiger charge is 2.61. The lowest BCUT2D eigenvalue weighted by Crippen LogP contribution is -2.82. The zero-order chi connectivity index (χ0) is 42.2. The van der Waals surface area contributed by atoms with Crippen LogP contribution in [0.3, 0.4) is 0 Å². The van der Waals surface area contributed by atoms with Gasteiger partial charge in [0.25, 0.3) is 0 Å². The van der Waals surface area contributed by atoms with Crippen molar-refractivity contribution in [1.29, 1.82) is 0 Å². The van der Waals surface area contributed by atoms with Gasteiger partial charge in [-0.15, -0.1) is 0 Å². The predicted molar refractivity (Wildman–Crippen MR) is 265 cm³/mol. The molecule has 8 aromatic rings. The van der Waals surface area contributed by atoms with Crippen molar-refractivity contribution in [2.75, 3.05) is 0 Å². The van der Waals surface area contributed by atoms with Crippen LogP contribution in [0.25, 0.3) is 0 Å². The van der Waals surface area contributed by atoms with E-state index in [4.69, 9.17) is 16.5 Å². The first-order valence-corrected chi connectivity index (χ1v) is 32.2. The normalized spacial score (nSPS) is 12.5. The lowest BCUT2D eigenvalue weighted by atomic mass is 10.4. The number of rotatable bonds is 16. The van der Waals surface area contributed by atoms with E-state index in [1.165, 1.54) is 10.4 Å². The Hall–Kier alpha value is -5.32. The van der Waals surface area contributed by atoms with Gasteiger partial charge in [-0.1, -0.05) is 243 Å². The van der Waals surface area contributed by atoms with Gasteiger partial charge in [-0.2, -0.15) is 0 Å². The maximum atomic E-state index is 8.58. The van der Waals surface area contributed by atoms with Crippen LogP contribution >= 0.6 is 0 Å². The second-order valence-corrected chi connectivity index (χ2v) is 33.8. The fraction of sp³-hybridized carbons (Fsp3) is 0.0769. The summed E-state index contributed by atoms with van der Waals surface area (Å²) in [5.41, 5.74) is 0. The Morgan fingerprint density at radius 1 is 0.197 bits per heavy atom. The van der Waals surface area contributed by atoms with E-state index in [1.807, 2.05) is 0 Å². The summed E-state index contributed by atoms with van der Waals surface area (Å²) in [6.07, 6.45) is 0. The molecule has 0 aromatic heterocycles. The van der Waals surface area contributed by atoms with Crippen molar-refractivity contribution in [2.45, 2.75) is 26.2 Å². The average molecular weight is 881 g/mol. The number of benzene rings is 8. The summed E-state index contributed by atoms with van der Waals surface area (Å²) in [6, 6.07) is 85.2. The molecule has 0 aliphatic rings. The molecule has 0 amide bonds. The van der Waals surface area contributed by atoms with Crippen LogP contribution in [-0.2, 0) is 16.5 Å². The van der Waals surface area contributed by atoms with Crippen molar-refractivity contribution in [3.63, 3.8) is 0 Å². The average Bonchev–Trinajstić information content (AvgIpc) is 3.33. The first-order valence-electron chi connectivity index (χ1n) is 20.9. The number of hydrogen-bond acceptors (Lipinski definition) is 4. The van der Waals surface area contributed by atoms with Gasteiger partial charge in [0.1, 0.15) is 0 Å². The molecule has 0 aliphatic heterocycles. The third-order valence-corrected chi connectivity index (χ3v) is 32.2. The Morgan fingerprint density at radius 2 is 0.344 bits per heavy atom. The second-order valence-electron chi connectivity index (χ2n) is 16.2. The fourth-order valence-corrected chi connectivity index (χ4v) is 32.1. The van der Waals surface area contributed by atoms with E-state index in [9.17, 15) is 0 Å². The van der Waals surface area contributed by atoms with Gasteiger partial charge in [-0.05, 0) is 67.7 Å². The first kappa shape index (κ1) is 42.4. The van der Waals surface area contributed by atoms with Crippen LogP contribution in [0.4, 0.5) is 0 Å². The van der Waals surface area contributed by atoms with Crippen LogP contribution in [0.1, 0.15) is 0 Å². The van der Waals surface area contributed by atoms with Gasteiger partial charge in [-0.25, -0.2) is 0 Å². The lowest BCUT2D eigenvalue weighted by Gasteiger charge is -2.49. The molecular weight excluding hydrogens is 829 g/mol. The molecule has 8 rings (SSSR count). The Labute approximate surface area is 367 Å². The van der Waals surface area contributed by atoms with E-state index in [2.05, 4.69) is 269 Å². The summed E-state index contributed by atoms with van der Waals surface area (Å²) in [5.74, 6) is 0. The molecule has 0 heterocycles. The molecule has 61 heavy (non-hydrogen) atoms. The molecule has 0 unspecified atom stereocenters. The SMILES string of the molecule is C[Si](C)(O[Si](O[Si](O[Si](O[Si](C)(C)c1ccccc1)(c1ccccc1)c1ccccc1)(c1ccccc1)c1ccccc1)(c1ccccc1)c1ccccc1)c1ccccc1. The van der Waals surface area contributed by atoms with Gasteiger partial charge < -0.3 is 16.5 Å². The highest BCUT2D eigenvalue weighted by atomic mass is 28.5. The van der Waals surface area contributed by atoms with E-state index in [1.54, 1.807) is 0 Å². The van der Waals surface area contributed by atoms with Crippen LogP contribution in [0.2, 0.25) is 26.2 Å². The van der Waals surface area contributed by atoms with Crippen molar-refractivity contribution < 1.29 is 16.5 Å². The van der Waals surface area contributed by atoms with E-state index in [0.29, 0.717) is 0 Å². The Morgan fingerprint density at radius 3 is 0.525 bits per heavy atom. The Balaban J connectivity index is 1.49. The third-order valence-electron chi connectivity index (χ3n) is 11.2. The maximum Gasteiger partial charge on any atom is 0.390 e. The molecule has 8 aromatic carbocycles. The largest absolute Gasteiger partial charge is 0.426 e. The Bertz CT molecular complexity index is 2310. The summed E-state index contributed by atoms with van der Waals surface area (Å²) in [4.78, 5) is 0. The summed E-state index contributed by atoms with van der Waals surface area (Å²) in [6.45, 7) is 9.16. The van der Waals surface area contributed by atoms with Crippen LogP contribution in [0.5, 0.6) is 0 Å². The summed E-state index contributed by atoms with van der Waals surface area (Å²) < 4.78 is 33.3. The molecular formula is C52H52O4Si5. The molecule has 0 fully saturated rings.